The number of phosphoric ester groups is 2. The van der Waals surface area contributed by atoms with Crippen LogP contribution in [-0.4, -0.2) is 95.9 Å². The number of unbranched alkanes of at least 4 members (excludes halogenated alkanes) is 27. The van der Waals surface area contributed by atoms with Crippen LogP contribution in [0, 0.1) is 0 Å². The smallest absolute Gasteiger partial charge is 0.463 e. The van der Waals surface area contributed by atoms with Gasteiger partial charge in [-0.2, -0.15) is 0 Å². The lowest BCUT2D eigenvalue weighted by molar-refractivity contribution is -0.161. The largest absolute Gasteiger partial charge is 0.472 e. The van der Waals surface area contributed by atoms with Crippen LogP contribution in [0.3, 0.4) is 0 Å². The lowest BCUT2D eigenvalue weighted by atomic mass is 10.0. The second-order valence-corrected chi connectivity index (χ2v) is 28.3. The molecule has 0 heterocycles. The molecule has 0 aliphatic heterocycles. The predicted octanol–water partition coefficient (Wildman–Crippen LogP) is 22.3. The molecule has 0 bridgehead atoms. The van der Waals surface area contributed by atoms with Crippen LogP contribution >= 0.6 is 15.6 Å². The second-order valence-electron chi connectivity index (χ2n) is 25.4. The highest BCUT2D eigenvalue weighted by Crippen LogP contribution is 2.45. The number of aliphatic hydroxyl groups is 2. The Morgan fingerprint density at radius 1 is 0.293 bits per heavy atom. The number of phosphoric acid groups is 2. The molecule has 16 nitrogen and oxygen atoms in total. The van der Waals surface area contributed by atoms with E-state index in [4.69, 9.17) is 32.3 Å². The van der Waals surface area contributed by atoms with Crippen LogP contribution in [0.4, 0.5) is 0 Å². The van der Waals surface area contributed by atoms with Gasteiger partial charge in [0.2, 0.25) is 0 Å². The van der Waals surface area contributed by atoms with Gasteiger partial charge in [-0.1, -0.05) is 289 Å². The van der Waals surface area contributed by atoms with Gasteiger partial charge < -0.3 is 34.2 Å². The van der Waals surface area contributed by atoms with Gasteiger partial charge in [0.15, 0.2) is 6.10 Å². The van der Waals surface area contributed by atoms with E-state index in [2.05, 4.69) is 154 Å². The Labute approximate surface area is 601 Å². The number of hydrogen-bond donors (Lipinski definition) is 4. The van der Waals surface area contributed by atoms with E-state index in [1.54, 1.807) is 0 Å². The molecule has 0 radical (unpaired) electrons. The molecule has 18 heteroatoms. The van der Waals surface area contributed by atoms with Crippen molar-refractivity contribution in [3.05, 3.63) is 134 Å². The number of allylic oxidation sites excluding steroid dienone is 22. The molecule has 0 rings (SSSR count). The molecule has 0 aliphatic carbocycles. The zero-order chi connectivity index (χ0) is 72.3. The Hall–Kier alpha value is -4.31. The maximum absolute atomic E-state index is 12.9. The van der Waals surface area contributed by atoms with E-state index < -0.39 is 91.5 Å². The molecular formula is C81H138O16P2. The monoisotopic (exact) mass is 1430 g/mol. The summed E-state index contributed by atoms with van der Waals surface area (Å²) in [7, 11) is -9.79. The van der Waals surface area contributed by atoms with E-state index in [9.17, 15) is 43.5 Å². The number of carbonyl (C=O) groups excluding carboxylic acids is 3. The zero-order valence-electron chi connectivity index (χ0n) is 61.9. The molecule has 0 aromatic heterocycles. The Kier molecular flexibility index (Phi) is 70.2. The van der Waals surface area contributed by atoms with Crippen molar-refractivity contribution < 1.29 is 75.8 Å². The Bertz CT molecular complexity index is 2330. The third-order valence-electron chi connectivity index (χ3n) is 15.8. The molecule has 0 spiro atoms. The number of carbonyl (C=O) groups is 3. The fourth-order valence-electron chi connectivity index (χ4n) is 10.0. The fraction of sp³-hybridized carbons (Fsp3) is 0.691. The van der Waals surface area contributed by atoms with Gasteiger partial charge in [-0.15, -0.1) is 0 Å². The van der Waals surface area contributed by atoms with Crippen molar-refractivity contribution >= 4 is 33.6 Å². The summed E-state index contributed by atoms with van der Waals surface area (Å²) in [6.45, 7) is 2.38. The highest BCUT2D eigenvalue weighted by molar-refractivity contribution is 7.47. The van der Waals surface area contributed by atoms with Crippen LogP contribution in [0.15, 0.2) is 134 Å². The summed E-state index contributed by atoms with van der Waals surface area (Å²) < 4.78 is 61.0. The van der Waals surface area contributed by atoms with Crippen LogP contribution in [-0.2, 0) is 55.8 Å². The van der Waals surface area contributed by atoms with Crippen LogP contribution in [0.1, 0.15) is 303 Å². The summed E-state index contributed by atoms with van der Waals surface area (Å²) in [6.07, 6.45) is 88.1. The normalized spacial score (nSPS) is 14.8. The molecule has 0 aromatic rings. The number of aliphatic hydroxyl groups excluding tert-OH is 2. The minimum atomic E-state index is -4.93. The van der Waals surface area contributed by atoms with Gasteiger partial charge in [0.05, 0.1) is 26.4 Å². The van der Waals surface area contributed by atoms with Gasteiger partial charge in [0.25, 0.3) is 0 Å². The van der Waals surface area contributed by atoms with Crippen LogP contribution in [0.25, 0.3) is 0 Å². The lowest BCUT2D eigenvalue weighted by Crippen LogP contribution is -2.30. The van der Waals surface area contributed by atoms with Gasteiger partial charge in [0, 0.05) is 19.3 Å². The first-order valence-electron chi connectivity index (χ1n) is 38.5. The van der Waals surface area contributed by atoms with Crippen LogP contribution in [0.2, 0.25) is 0 Å². The van der Waals surface area contributed by atoms with E-state index in [-0.39, 0.29) is 19.3 Å². The third-order valence-corrected chi connectivity index (χ3v) is 17.7. The van der Waals surface area contributed by atoms with Gasteiger partial charge in [-0.05, 0) is 128 Å². The van der Waals surface area contributed by atoms with Crippen molar-refractivity contribution in [1.29, 1.82) is 0 Å². The summed E-state index contributed by atoms with van der Waals surface area (Å²) in [4.78, 5) is 58.5. The molecule has 0 saturated carbocycles. The maximum Gasteiger partial charge on any atom is 0.472 e. The lowest BCUT2D eigenvalue weighted by Gasteiger charge is -2.21. The minimum absolute atomic E-state index is 0.0871. The first-order chi connectivity index (χ1) is 48.2. The van der Waals surface area contributed by atoms with Crippen molar-refractivity contribution in [3.63, 3.8) is 0 Å². The average molecular weight is 1430 g/mol. The fourth-order valence-corrected chi connectivity index (χ4v) is 11.6. The molecule has 0 saturated heterocycles. The summed E-state index contributed by atoms with van der Waals surface area (Å²) in [5.41, 5.74) is 0. The summed E-state index contributed by atoms with van der Waals surface area (Å²) >= 11 is 0. The minimum Gasteiger partial charge on any atom is -0.463 e. The van der Waals surface area contributed by atoms with Crippen molar-refractivity contribution in [3.8, 4) is 0 Å². The first kappa shape index (κ1) is 94.7. The molecule has 568 valence electrons. The van der Waals surface area contributed by atoms with Crippen LogP contribution < -0.4 is 0 Å². The predicted molar refractivity (Wildman–Crippen MR) is 408 cm³/mol. The highest BCUT2D eigenvalue weighted by atomic mass is 31.2. The molecule has 4 N–H and O–H groups in total. The topological polar surface area (TPSA) is 231 Å². The summed E-state index contributed by atoms with van der Waals surface area (Å²) in [5.74, 6) is -1.61. The first-order valence-corrected chi connectivity index (χ1v) is 41.5. The summed E-state index contributed by atoms with van der Waals surface area (Å²) in [6, 6.07) is 0. The quantitative estimate of drug-likeness (QED) is 0.0146. The van der Waals surface area contributed by atoms with Crippen molar-refractivity contribution in [2.45, 2.75) is 322 Å². The molecule has 5 atom stereocenters. The number of hydrogen-bond acceptors (Lipinski definition) is 14. The SMILES string of the molecule is CC/C=C\C/C=C\C/C=C\C/C=C\C/C=C\CCCCCCCCCCCCCCCCCC(=O)OCC(O)COP(=O)(O)OCC(O)COP(=O)(O)OCC(COC(=O)CCCCCCC/C=C\C/C=C\C/C=C\C/C=C\C/C=C\CC)OC(=O)CCCCCCC/C=C\CCCC. The van der Waals surface area contributed by atoms with Gasteiger partial charge in [0.1, 0.15) is 25.4 Å². The number of ether oxygens (including phenoxy) is 3. The second kappa shape index (κ2) is 73.4. The Balaban J connectivity index is 4.42. The van der Waals surface area contributed by atoms with E-state index in [0.29, 0.717) is 19.3 Å². The number of esters is 3. The molecule has 0 aromatic carbocycles. The Morgan fingerprint density at radius 2 is 0.535 bits per heavy atom. The molecule has 0 fully saturated rings. The van der Waals surface area contributed by atoms with Crippen LogP contribution in [0.5, 0.6) is 0 Å². The molecule has 5 unspecified atom stereocenters. The van der Waals surface area contributed by atoms with Crippen molar-refractivity contribution in [2.75, 3.05) is 39.6 Å². The average Bonchev–Trinajstić information content (AvgIpc) is 1.22. The standard InChI is InChI=1S/C81H138O16P2/c1-4-7-10-13-16-19-22-24-26-28-30-32-33-34-35-36-37-38-39-40-41-43-45-46-48-50-53-55-58-61-64-67-79(84)91-70-76(82)71-93-98(87,88)94-72-77(83)73-95-99(89,90)96-75-78(97-81(86)69-66-63-60-57-52-21-18-15-12-9-6-3)74-92-80(85)68-65-62-59-56-54-51-49-47-44-42-31-29-27-25-23-20-17-14-11-8-5-2/h7-8,10-11,15-20,24-27,30-32,34-35,42,47,49,76-78,82-83H,4-6,9,12-14,21-23,28-29,33,36-41,43-46,48,50-75H2,1-3H3,(H,87,88)(H,89,90)/b10-7-,11-8-,18-15-,19-16-,20-17-,26-24-,27-25-,32-30-,35-34-,42-31-,49-47-. The van der Waals surface area contributed by atoms with Crippen molar-refractivity contribution in [1.82, 2.24) is 0 Å². The summed E-state index contributed by atoms with van der Waals surface area (Å²) in [5, 5.41) is 20.6. The maximum atomic E-state index is 12.9. The zero-order valence-corrected chi connectivity index (χ0v) is 63.7. The molecule has 0 amide bonds. The van der Waals surface area contributed by atoms with E-state index >= 15 is 0 Å². The molecule has 0 aliphatic rings. The molecule has 99 heavy (non-hydrogen) atoms. The Morgan fingerprint density at radius 3 is 0.859 bits per heavy atom. The van der Waals surface area contributed by atoms with E-state index in [1.807, 2.05) is 0 Å². The number of rotatable bonds is 72. The van der Waals surface area contributed by atoms with Crippen molar-refractivity contribution in [2.24, 2.45) is 0 Å². The van der Waals surface area contributed by atoms with E-state index in [0.717, 1.165) is 154 Å². The third kappa shape index (κ3) is 74.7. The molecular weight excluding hydrogens is 1290 g/mol. The highest BCUT2D eigenvalue weighted by Gasteiger charge is 2.29. The van der Waals surface area contributed by atoms with E-state index in [1.165, 1.54) is 89.9 Å². The van der Waals surface area contributed by atoms with Gasteiger partial charge in [-0.3, -0.25) is 32.5 Å². The van der Waals surface area contributed by atoms with Gasteiger partial charge in [-0.25, -0.2) is 9.13 Å². The van der Waals surface area contributed by atoms with Gasteiger partial charge >= 0.3 is 33.6 Å².